The zero-order chi connectivity index (χ0) is 22.8. The van der Waals surface area contributed by atoms with E-state index in [1.54, 1.807) is 23.7 Å². The maximum Gasteiger partial charge on any atom is 0.279 e. The number of halogens is 1. The molecule has 4 rings (SSSR count). The van der Waals surface area contributed by atoms with E-state index in [9.17, 15) is 14.7 Å². The number of nitrogens with zero attached hydrogens (tertiary/aromatic N) is 2. The summed E-state index contributed by atoms with van der Waals surface area (Å²) in [7, 11) is 1.77. The number of amides is 1. The second kappa shape index (κ2) is 9.26. The summed E-state index contributed by atoms with van der Waals surface area (Å²) in [5, 5.41) is 14.0. The normalized spacial score (nSPS) is 15.2. The molecule has 32 heavy (non-hydrogen) atoms. The average molecular weight is 472 g/mol. The third-order valence-electron chi connectivity index (χ3n) is 5.30. The number of aromatic nitrogens is 2. The zero-order valence-electron chi connectivity index (χ0n) is 17.6. The fraction of sp³-hybridized carbons (Fsp3) is 0.261. The number of phenolic OH excluding ortho intramolecular Hbond substituents is 1. The molecule has 0 fully saturated rings. The summed E-state index contributed by atoms with van der Waals surface area (Å²) in [6.45, 7) is 2.20. The Labute approximate surface area is 194 Å². The minimum Gasteiger partial charge on any atom is -0.504 e. The summed E-state index contributed by atoms with van der Waals surface area (Å²) in [6.07, 6.45) is 0.104. The van der Waals surface area contributed by atoms with Gasteiger partial charge in [-0.2, -0.15) is 4.98 Å². The van der Waals surface area contributed by atoms with E-state index >= 15 is 0 Å². The smallest absolute Gasteiger partial charge is 0.279 e. The number of carbonyl (C=O) groups excluding carboxylic acids is 1. The average Bonchev–Trinajstić information content (AvgIpc) is 2.77. The Morgan fingerprint density at radius 3 is 2.81 bits per heavy atom. The van der Waals surface area contributed by atoms with Crippen molar-refractivity contribution in [3.05, 3.63) is 74.5 Å². The Kier molecular flexibility index (Phi) is 6.43. The van der Waals surface area contributed by atoms with E-state index in [1.165, 1.54) is 17.8 Å². The molecular weight excluding hydrogens is 450 g/mol. The van der Waals surface area contributed by atoms with Gasteiger partial charge in [0.05, 0.1) is 12.2 Å². The molecule has 7 nitrogen and oxygen atoms in total. The van der Waals surface area contributed by atoms with Gasteiger partial charge in [0.2, 0.25) is 5.91 Å². The van der Waals surface area contributed by atoms with E-state index < -0.39 is 11.5 Å². The SMILES string of the molecule is CCOc1cc([C@@H]2CC(=O)Nc3c2c(=O)nc(SCc2ccccc2Cl)n3C)ccc1O. The predicted octanol–water partition coefficient (Wildman–Crippen LogP) is 4.30. The molecule has 0 bridgehead atoms. The van der Waals surface area contributed by atoms with Crippen molar-refractivity contribution in [3.63, 3.8) is 0 Å². The monoisotopic (exact) mass is 471 g/mol. The van der Waals surface area contributed by atoms with Crippen molar-refractivity contribution in [1.82, 2.24) is 9.55 Å². The van der Waals surface area contributed by atoms with Crippen LogP contribution in [0.2, 0.25) is 5.02 Å². The summed E-state index contributed by atoms with van der Waals surface area (Å²) in [6, 6.07) is 12.4. The molecule has 2 heterocycles. The fourth-order valence-corrected chi connectivity index (χ4v) is 4.98. The molecule has 1 amide bonds. The first-order valence-corrected chi connectivity index (χ1v) is 11.5. The Balaban J connectivity index is 1.72. The van der Waals surface area contributed by atoms with Crippen molar-refractivity contribution in [2.24, 2.45) is 7.05 Å². The van der Waals surface area contributed by atoms with Crippen LogP contribution in [0.4, 0.5) is 5.82 Å². The highest BCUT2D eigenvalue weighted by Gasteiger charge is 2.32. The Morgan fingerprint density at radius 1 is 1.28 bits per heavy atom. The van der Waals surface area contributed by atoms with Gasteiger partial charge in [-0.15, -0.1) is 0 Å². The lowest BCUT2D eigenvalue weighted by Crippen LogP contribution is -2.33. The molecule has 9 heteroatoms. The molecule has 0 aliphatic carbocycles. The van der Waals surface area contributed by atoms with Gasteiger partial charge in [-0.05, 0) is 36.2 Å². The van der Waals surface area contributed by atoms with Gasteiger partial charge in [-0.1, -0.05) is 47.6 Å². The maximum absolute atomic E-state index is 13.1. The molecule has 0 radical (unpaired) electrons. The molecule has 1 aliphatic heterocycles. The van der Waals surface area contributed by atoms with Gasteiger partial charge in [-0.3, -0.25) is 9.59 Å². The third-order valence-corrected chi connectivity index (χ3v) is 6.75. The molecule has 1 atom stereocenters. The second-order valence-corrected chi connectivity index (χ2v) is 8.72. The van der Waals surface area contributed by atoms with E-state index in [2.05, 4.69) is 10.3 Å². The fourth-order valence-electron chi connectivity index (χ4n) is 3.73. The number of fused-ring (bicyclic) bond motifs is 1. The van der Waals surface area contributed by atoms with E-state index in [4.69, 9.17) is 16.3 Å². The molecule has 0 saturated heterocycles. The highest BCUT2D eigenvalue weighted by molar-refractivity contribution is 7.98. The molecule has 2 aromatic carbocycles. The lowest BCUT2D eigenvalue weighted by molar-refractivity contribution is -0.116. The molecule has 0 spiro atoms. The van der Waals surface area contributed by atoms with Crippen LogP contribution >= 0.6 is 23.4 Å². The van der Waals surface area contributed by atoms with Gasteiger partial charge in [0.15, 0.2) is 16.7 Å². The number of phenols is 1. The van der Waals surface area contributed by atoms with Gasteiger partial charge in [0.25, 0.3) is 5.56 Å². The predicted molar refractivity (Wildman–Crippen MR) is 125 cm³/mol. The van der Waals surface area contributed by atoms with Gasteiger partial charge in [0, 0.05) is 30.2 Å². The first-order chi connectivity index (χ1) is 15.4. The number of hydrogen-bond acceptors (Lipinski definition) is 6. The molecule has 166 valence electrons. The topological polar surface area (TPSA) is 93.5 Å². The highest BCUT2D eigenvalue weighted by Crippen LogP contribution is 2.39. The highest BCUT2D eigenvalue weighted by atomic mass is 35.5. The minimum absolute atomic E-state index is 0.00781. The van der Waals surface area contributed by atoms with Crippen LogP contribution in [-0.2, 0) is 17.6 Å². The van der Waals surface area contributed by atoms with Crippen molar-refractivity contribution < 1.29 is 14.6 Å². The van der Waals surface area contributed by atoms with Gasteiger partial charge in [0.1, 0.15) is 5.82 Å². The van der Waals surface area contributed by atoms with E-state index in [0.29, 0.717) is 45.2 Å². The van der Waals surface area contributed by atoms with Crippen molar-refractivity contribution in [2.45, 2.75) is 30.2 Å². The van der Waals surface area contributed by atoms with E-state index in [-0.39, 0.29) is 18.1 Å². The number of anilines is 1. The molecule has 2 N–H and O–H groups in total. The summed E-state index contributed by atoms with van der Waals surface area (Å²) >= 11 is 7.62. The molecule has 0 unspecified atom stereocenters. The summed E-state index contributed by atoms with van der Waals surface area (Å²) in [4.78, 5) is 29.9. The summed E-state index contributed by atoms with van der Waals surface area (Å²) in [5.41, 5.74) is 1.66. The zero-order valence-corrected chi connectivity index (χ0v) is 19.2. The molecule has 1 aromatic heterocycles. The number of aromatic hydroxyl groups is 1. The molecule has 3 aromatic rings. The third kappa shape index (κ3) is 4.33. The lowest BCUT2D eigenvalue weighted by Gasteiger charge is -2.27. The van der Waals surface area contributed by atoms with E-state index in [0.717, 1.165) is 5.56 Å². The van der Waals surface area contributed by atoms with Crippen LogP contribution in [-0.4, -0.2) is 27.2 Å². The first kappa shape index (κ1) is 22.2. The van der Waals surface area contributed by atoms with Crippen molar-refractivity contribution in [3.8, 4) is 11.5 Å². The van der Waals surface area contributed by atoms with Crippen LogP contribution in [0.15, 0.2) is 52.4 Å². The van der Waals surface area contributed by atoms with Crippen LogP contribution in [0.5, 0.6) is 11.5 Å². The Hall–Kier alpha value is -2.97. The quantitative estimate of drug-likeness (QED) is 0.411. The van der Waals surface area contributed by atoms with Crippen LogP contribution in [0.1, 0.15) is 36.0 Å². The first-order valence-electron chi connectivity index (χ1n) is 10.1. The van der Waals surface area contributed by atoms with Crippen molar-refractivity contribution in [2.75, 3.05) is 11.9 Å². The van der Waals surface area contributed by atoms with Gasteiger partial charge < -0.3 is 19.7 Å². The Bertz CT molecular complexity index is 1240. The van der Waals surface area contributed by atoms with Crippen LogP contribution in [0, 0.1) is 0 Å². The summed E-state index contributed by atoms with van der Waals surface area (Å²) < 4.78 is 7.20. The lowest BCUT2D eigenvalue weighted by atomic mass is 9.86. The van der Waals surface area contributed by atoms with Crippen molar-refractivity contribution in [1.29, 1.82) is 0 Å². The van der Waals surface area contributed by atoms with Gasteiger partial charge >= 0.3 is 0 Å². The van der Waals surface area contributed by atoms with Crippen LogP contribution in [0.25, 0.3) is 0 Å². The summed E-state index contributed by atoms with van der Waals surface area (Å²) in [5.74, 6) is 0.594. The number of carbonyl (C=O) groups is 1. The number of ether oxygens (including phenoxy) is 1. The van der Waals surface area contributed by atoms with Gasteiger partial charge in [-0.25, -0.2) is 0 Å². The number of nitrogens with one attached hydrogen (secondary N) is 1. The minimum atomic E-state index is -0.493. The van der Waals surface area contributed by atoms with Crippen molar-refractivity contribution >= 4 is 35.1 Å². The standard InChI is InChI=1S/C23H22ClN3O4S/c1-3-31-18-10-13(8-9-17(18)28)15-11-19(29)25-21-20(15)22(30)26-23(27(21)2)32-12-14-6-4-5-7-16(14)24/h4-10,15,28H,3,11-12H2,1-2H3,(H,25,29)/t15-/m0/s1. The maximum atomic E-state index is 13.1. The number of rotatable bonds is 6. The number of benzene rings is 2. The molecule has 1 aliphatic rings. The number of thioether (sulfide) groups is 1. The number of hydrogen-bond donors (Lipinski definition) is 2. The second-order valence-electron chi connectivity index (χ2n) is 7.37. The van der Waals surface area contributed by atoms with Crippen LogP contribution < -0.4 is 15.6 Å². The molecular formula is C23H22ClN3O4S. The Morgan fingerprint density at radius 2 is 2.06 bits per heavy atom. The van der Waals surface area contributed by atoms with Crippen LogP contribution in [0.3, 0.4) is 0 Å². The largest absolute Gasteiger partial charge is 0.504 e. The van der Waals surface area contributed by atoms with E-state index in [1.807, 2.05) is 31.2 Å². The molecule has 0 saturated carbocycles.